The molecule has 2 aliphatic heterocycles. The Morgan fingerprint density at radius 1 is 1.06 bits per heavy atom. The van der Waals surface area contributed by atoms with Crippen LogP contribution in [0.1, 0.15) is 52.6 Å². The predicted molar refractivity (Wildman–Crippen MR) is 121 cm³/mol. The molecular formula is C24H26N4O5. The molecule has 4 heterocycles. The van der Waals surface area contributed by atoms with Gasteiger partial charge in [0.1, 0.15) is 16.9 Å². The first-order valence-corrected chi connectivity index (χ1v) is 11.2. The van der Waals surface area contributed by atoms with E-state index >= 15 is 0 Å². The summed E-state index contributed by atoms with van der Waals surface area (Å²) in [6, 6.07) is 9.02. The van der Waals surface area contributed by atoms with Crippen molar-refractivity contribution in [2.24, 2.45) is 14.1 Å². The van der Waals surface area contributed by atoms with E-state index in [4.69, 9.17) is 4.74 Å². The first-order valence-electron chi connectivity index (χ1n) is 11.2. The van der Waals surface area contributed by atoms with E-state index in [9.17, 15) is 19.2 Å². The molecule has 1 fully saturated rings. The van der Waals surface area contributed by atoms with Gasteiger partial charge in [-0.25, -0.2) is 9.59 Å². The van der Waals surface area contributed by atoms with E-state index < -0.39 is 16.9 Å². The Labute approximate surface area is 189 Å². The quantitative estimate of drug-likeness (QED) is 0.567. The third-order valence-corrected chi connectivity index (χ3v) is 6.95. The number of hydrogen-bond acceptors (Lipinski definition) is 5. The van der Waals surface area contributed by atoms with E-state index in [-0.39, 0.29) is 11.9 Å². The summed E-state index contributed by atoms with van der Waals surface area (Å²) in [5, 5.41) is 0.350. The van der Waals surface area contributed by atoms with Crippen LogP contribution < -0.4 is 11.2 Å². The number of ether oxygens (including phenoxy) is 1. The largest absolute Gasteiger partial charge is 0.450 e. The number of rotatable bonds is 3. The number of carbonyl (C=O) groups excluding carboxylic acids is 2. The molecule has 0 N–H and O–H groups in total. The van der Waals surface area contributed by atoms with Crippen LogP contribution in [-0.4, -0.2) is 43.6 Å². The number of esters is 1. The first kappa shape index (κ1) is 21.2. The zero-order valence-electron chi connectivity index (χ0n) is 19.0. The van der Waals surface area contributed by atoms with Gasteiger partial charge in [0.2, 0.25) is 0 Å². The van der Waals surface area contributed by atoms with Crippen LogP contribution in [0, 0.1) is 0 Å². The summed E-state index contributed by atoms with van der Waals surface area (Å²) in [7, 11) is 3.05. The number of hydrogen-bond donors (Lipinski definition) is 0. The molecule has 0 atom stereocenters. The topological polar surface area (TPSA) is 95.5 Å². The van der Waals surface area contributed by atoms with Gasteiger partial charge in [-0.05, 0) is 18.6 Å². The fourth-order valence-corrected chi connectivity index (χ4v) is 5.22. The summed E-state index contributed by atoms with van der Waals surface area (Å²) in [4.78, 5) is 52.9. The van der Waals surface area contributed by atoms with E-state index in [0.717, 1.165) is 16.6 Å². The third-order valence-electron chi connectivity index (χ3n) is 6.95. The molecule has 33 heavy (non-hydrogen) atoms. The molecular weight excluding hydrogens is 424 g/mol. The number of nitrogens with zero attached hydrogens (tertiary/aromatic N) is 4. The van der Waals surface area contributed by atoms with Gasteiger partial charge in [0, 0.05) is 52.1 Å². The van der Waals surface area contributed by atoms with E-state index in [2.05, 4.69) is 0 Å². The monoisotopic (exact) mass is 450 g/mol. The Balaban J connectivity index is 1.50. The standard InChI is InChI=1S/C24H26N4O5/c1-4-11-28-18(14-16-19(28)25(2)23(32)26(3)20(16)29)21(30)27-12-9-24(10-13-27)17-8-6-5-7-15(17)22(31)33-24/h5-8,14H,4,9-13H2,1-3H3. The van der Waals surface area contributed by atoms with Crippen molar-refractivity contribution in [3.63, 3.8) is 0 Å². The van der Waals surface area contributed by atoms with Crippen LogP contribution in [0.4, 0.5) is 0 Å². The van der Waals surface area contributed by atoms with Gasteiger partial charge in [0.05, 0.1) is 10.9 Å². The maximum absolute atomic E-state index is 13.6. The molecule has 0 unspecified atom stereocenters. The average Bonchev–Trinajstić information content (AvgIpc) is 3.33. The molecule has 1 aromatic carbocycles. The fraction of sp³-hybridized carbons (Fsp3) is 0.417. The van der Waals surface area contributed by atoms with Crippen molar-refractivity contribution in [2.45, 2.75) is 38.3 Å². The summed E-state index contributed by atoms with van der Waals surface area (Å²) in [5.41, 5.74) is 0.802. The Kier molecular flexibility index (Phi) is 4.81. The van der Waals surface area contributed by atoms with Gasteiger partial charge in [-0.1, -0.05) is 25.1 Å². The van der Waals surface area contributed by atoms with Crippen molar-refractivity contribution in [1.82, 2.24) is 18.6 Å². The highest BCUT2D eigenvalue weighted by molar-refractivity contribution is 5.98. The van der Waals surface area contributed by atoms with Crippen LogP contribution >= 0.6 is 0 Å². The molecule has 1 amide bonds. The lowest BCUT2D eigenvalue weighted by molar-refractivity contribution is -0.0390. The Morgan fingerprint density at radius 2 is 1.76 bits per heavy atom. The Hall–Kier alpha value is -3.62. The van der Waals surface area contributed by atoms with Crippen molar-refractivity contribution in [3.05, 3.63) is 68.0 Å². The number of fused-ring (bicyclic) bond motifs is 3. The SMILES string of the molecule is CCCn1c(C(=O)N2CCC3(CC2)OC(=O)c2ccccc23)cc2c(=O)n(C)c(=O)n(C)c21. The maximum Gasteiger partial charge on any atom is 0.339 e. The smallest absolute Gasteiger partial charge is 0.339 e. The molecule has 0 saturated carbocycles. The van der Waals surface area contributed by atoms with Crippen LogP contribution in [0.15, 0.2) is 39.9 Å². The molecule has 0 bridgehead atoms. The zero-order chi connectivity index (χ0) is 23.5. The first-order chi connectivity index (χ1) is 15.8. The summed E-state index contributed by atoms with van der Waals surface area (Å²) in [5.74, 6) is -0.508. The molecule has 3 aromatic rings. The fourth-order valence-electron chi connectivity index (χ4n) is 5.22. The summed E-state index contributed by atoms with van der Waals surface area (Å²) >= 11 is 0. The number of carbonyl (C=O) groups is 2. The predicted octanol–water partition coefficient (Wildman–Crippen LogP) is 1.75. The molecule has 0 radical (unpaired) electrons. The van der Waals surface area contributed by atoms with E-state index in [0.29, 0.717) is 54.8 Å². The minimum atomic E-state index is -0.694. The van der Waals surface area contributed by atoms with Crippen LogP contribution in [0.2, 0.25) is 0 Å². The molecule has 5 rings (SSSR count). The minimum absolute atomic E-state index is 0.193. The van der Waals surface area contributed by atoms with Gasteiger partial charge >= 0.3 is 11.7 Å². The van der Waals surface area contributed by atoms with Crippen molar-refractivity contribution in [2.75, 3.05) is 13.1 Å². The van der Waals surface area contributed by atoms with Gasteiger partial charge in [-0.2, -0.15) is 0 Å². The molecule has 2 aromatic heterocycles. The molecule has 172 valence electrons. The number of aromatic nitrogens is 3. The number of piperidine rings is 1. The van der Waals surface area contributed by atoms with Crippen LogP contribution in [-0.2, 0) is 31.0 Å². The highest BCUT2D eigenvalue weighted by Crippen LogP contribution is 2.44. The van der Waals surface area contributed by atoms with Crippen molar-refractivity contribution < 1.29 is 14.3 Å². The van der Waals surface area contributed by atoms with Gasteiger partial charge in [0.15, 0.2) is 0 Å². The van der Waals surface area contributed by atoms with Gasteiger partial charge in [-0.3, -0.25) is 18.7 Å². The van der Waals surface area contributed by atoms with Gasteiger partial charge in [-0.15, -0.1) is 0 Å². The van der Waals surface area contributed by atoms with Crippen molar-refractivity contribution >= 4 is 22.9 Å². The lowest BCUT2D eigenvalue weighted by Gasteiger charge is -2.38. The van der Waals surface area contributed by atoms with Gasteiger partial charge in [0.25, 0.3) is 11.5 Å². The summed E-state index contributed by atoms with van der Waals surface area (Å²) in [6.07, 6.45) is 1.76. The normalized spacial score (nSPS) is 16.9. The molecule has 9 nitrogen and oxygen atoms in total. The third kappa shape index (κ3) is 2.98. The van der Waals surface area contributed by atoms with Gasteiger partial charge < -0.3 is 14.2 Å². The number of benzene rings is 1. The second-order valence-corrected chi connectivity index (χ2v) is 8.85. The Morgan fingerprint density at radius 3 is 2.45 bits per heavy atom. The highest BCUT2D eigenvalue weighted by atomic mass is 16.6. The molecule has 1 saturated heterocycles. The lowest BCUT2D eigenvalue weighted by Crippen LogP contribution is -2.45. The molecule has 9 heteroatoms. The summed E-state index contributed by atoms with van der Waals surface area (Å²) < 4.78 is 10.1. The van der Waals surface area contributed by atoms with E-state index in [1.807, 2.05) is 25.1 Å². The lowest BCUT2D eigenvalue weighted by atomic mass is 9.83. The summed E-state index contributed by atoms with van der Waals surface area (Å²) in [6.45, 7) is 3.33. The molecule has 1 spiro atoms. The maximum atomic E-state index is 13.6. The number of likely N-dealkylation sites (tertiary alicyclic amines) is 1. The highest BCUT2D eigenvalue weighted by Gasteiger charge is 2.47. The van der Waals surface area contributed by atoms with Crippen molar-refractivity contribution in [1.29, 1.82) is 0 Å². The van der Waals surface area contributed by atoms with E-state index in [1.165, 1.54) is 11.6 Å². The average molecular weight is 450 g/mol. The van der Waals surface area contributed by atoms with Crippen molar-refractivity contribution in [3.8, 4) is 0 Å². The zero-order valence-corrected chi connectivity index (χ0v) is 19.0. The second-order valence-electron chi connectivity index (χ2n) is 8.85. The van der Waals surface area contributed by atoms with Crippen LogP contribution in [0.25, 0.3) is 11.0 Å². The Bertz CT molecular complexity index is 1420. The number of amides is 1. The van der Waals surface area contributed by atoms with E-state index in [1.54, 1.807) is 28.6 Å². The number of aryl methyl sites for hydroxylation is 2. The van der Waals surface area contributed by atoms with Crippen LogP contribution in [0.5, 0.6) is 0 Å². The minimum Gasteiger partial charge on any atom is -0.450 e. The second kappa shape index (κ2) is 7.47. The van der Waals surface area contributed by atoms with Crippen LogP contribution in [0.3, 0.4) is 0 Å². The molecule has 0 aliphatic carbocycles. The molecule has 2 aliphatic rings.